The van der Waals surface area contributed by atoms with Crippen LogP contribution in [-0.2, 0) is 9.47 Å². The van der Waals surface area contributed by atoms with Crippen LogP contribution >= 0.6 is 0 Å². The van der Waals surface area contributed by atoms with Crippen molar-refractivity contribution in [2.75, 3.05) is 42.3 Å². The summed E-state index contributed by atoms with van der Waals surface area (Å²) >= 11 is 0. The highest BCUT2D eigenvalue weighted by atomic mass is 16.7. The Morgan fingerprint density at radius 1 is 0.833 bits per heavy atom. The maximum absolute atomic E-state index is 11.8. The fourth-order valence-electron chi connectivity index (χ4n) is 1.83. The number of quaternary nitrogens is 2. The van der Waals surface area contributed by atoms with Gasteiger partial charge in [0.2, 0.25) is 12.5 Å². The first-order chi connectivity index (χ1) is 8.02. The van der Waals surface area contributed by atoms with Crippen LogP contribution in [0.3, 0.4) is 0 Å². The van der Waals surface area contributed by atoms with Crippen LogP contribution in [0.2, 0.25) is 0 Å². The highest BCUT2D eigenvalue weighted by Gasteiger charge is 2.31. The zero-order valence-corrected chi connectivity index (χ0v) is 13.2. The zero-order chi connectivity index (χ0) is 14.6. The molecule has 0 aromatic carbocycles. The summed E-state index contributed by atoms with van der Waals surface area (Å²) in [7, 11) is 12.0. The first-order valence-corrected chi connectivity index (χ1v) is 6.51. The number of carbonyl (C=O) groups is 1. The Morgan fingerprint density at radius 2 is 1.11 bits per heavy atom. The molecule has 0 aromatic rings. The van der Waals surface area contributed by atoms with Gasteiger partial charge in [-0.15, -0.1) is 0 Å². The molecular formula is C13H30N2O3+2. The Bertz CT molecular complexity index is 240. The molecule has 0 amide bonds. The molecule has 0 rings (SSSR count). The third kappa shape index (κ3) is 5.69. The lowest BCUT2D eigenvalue weighted by molar-refractivity contribution is -0.922. The molecule has 0 aliphatic carbocycles. The van der Waals surface area contributed by atoms with E-state index in [9.17, 15) is 4.79 Å². The summed E-state index contributed by atoms with van der Waals surface area (Å²) in [5.74, 6) is 0. The van der Waals surface area contributed by atoms with E-state index in [-0.39, 0.29) is 12.5 Å². The molecule has 5 nitrogen and oxygen atoms in total. The second-order valence-corrected chi connectivity index (χ2v) is 6.44. The van der Waals surface area contributed by atoms with Crippen LogP contribution < -0.4 is 0 Å². The van der Waals surface area contributed by atoms with Gasteiger partial charge in [-0.2, -0.15) is 0 Å². The molecule has 2 unspecified atom stereocenters. The Labute approximate surface area is 111 Å². The first kappa shape index (κ1) is 17.2. The molecule has 18 heavy (non-hydrogen) atoms. The number of carbonyl (C=O) groups excluding carboxylic acids is 1. The molecule has 0 aliphatic heterocycles. The lowest BCUT2D eigenvalue weighted by Crippen LogP contribution is -2.50. The third-order valence-corrected chi connectivity index (χ3v) is 2.89. The standard InChI is InChI=1S/C13H30N2O3/c1-9-11(14(3,4)5)17-13(16)18-12(10-2)15(6,7)8/h11-12H,9-10H2,1-8H3/q+2. The largest absolute Gasteiger partial charge is 0.517 e. The van der Waals surface area contributed by atoms with Crippen molar-refractivity contribution < 1.29 is 23.2 Å². The van der Waals surface area contributed by atoms with Gasteiger partial charge in [0.1, 0.15) is 0 Å². The van der Waals surface area contributed by atoms with Gasteiger partial charge in [-0.25, -0.2) is 4.79 Å². The van der Waals surface area contributed by atoms with Crippen LogP contribution in [0.4, 0.5) is 4.79 Å². The van der Waals surface area contributed by atoms with Crippen LogP contribution in [0.5, 0.6) is 0 Å². The molecule has 108 valence electrons. The summed E-state index contributed by atoms with van der Waals surface area (Å²) in [6.45, 7) is 4.00. The fourth-order valence-corrected chi connectivity index (χ4v) is 1.83. The molecule has 0 aliphatic rings. The monoisotopic (exact) mass is 262 g/mol. The smallest absolute Gasteiger partial charge is 0.381 e. The molecule has 0 fully saturated rings. The Hall–Kier alpha value is -0.810. The maximum Gasteiger partial charge on any atom is 0.517 e. The van der Waals surface area contributed by atoms with E-state index in [1.807, 2.05) is 56.1 Å². The van der Waals surface area contributed by atoms with E-state index in [0.717, 1.165) is 12.8 Å². The first-order valence-electron chi connectivity index (χ1n) is 6.51. The van der Waals surface area contributed by atoms with Crippen molar-refractivity contribution in [1.82, 2.24) is 0 Å². The third-order valence-electron chi connectivity index (χ3n) is 2.89. The quantitative estimate of drug-likeness (QED) is 0.417. The van der Waals surface area contributed by atoms with Crippen molar-refractivity contribution in [2.45, 2.75) is 39.1 Å². The Morgan fingerprint density at radius 3 is 1.28 bits per heavy atom. The number of nitrogens with zero attached hydrogens (tertiary/aromatic N) is 2. The molecule has 0 aromatic heterocycles. The molecule has 0 radical (unpaired) electrons. The van der Waals surface area contributed by atoms with Crippen LogP contribution in [0, 0.1) is 0 Å². The minimum absolute atomic E-state index is 0.178. The average Bonchev–Trinajstić information content (AvgIpc) is 2.19. The summed E-state index contributed by atoms with van der Waals surface area (Å²) in [4.78, 5) is 11.8. The SMILES string of the molecule is CCC(OC(=O)OC(CC)[N+](C)(C)C)[N+](C)(C)C. The van der Waals surface area contributed by atoms with Crippen LogP contribution in [-0.4, -0.2) is 69.9 Å². The second kappa shape index (κ2) is 6.38. The van der Waals surface area contributed by atoms with Crippen LogP contribution in [0.25, 0.3) is 0 Å². The fraction of sp³-hybridized carbons (Fsp3) is 0.923. The van der Waals surface area contributed by atoms with E-state index in [2.05, 4.69) is 0 Å². The normalized spacial score (nSPS) is 16.0. The van der Waals surface area contributed by atoms with Gasteiger partial charge < -0.3 is 9.47 Å². The Balaban J connectivity index is 4.50. The molecule has 0 saturated carbocycles. The molecule has 0 spiro atoms. The van der Waals surface area contributed by atoms with Gasteiger partial charge in [-0.05, 0) is 0 Å². The van der Waals surface area contributed by atoms with Gasteiger partial charge in [0.25, 0.3) is 0 Å². The summed E-state index contributed by atoms with van der Waals surface area (Å²) in [6.07, 6.45) is 0.597. The predicted molar refractivity (Wildman–Crippen MR) is 71.8 cm³/mol. The number of hydrogen-bond acceptors (Lipinski definition) is 3. The van der Waals surface area contributed by atoms with Crippen molar-refractivity contribution in [2.24, 2.45) is 0 Å². The predicted octanol–water partition coefficient (Wildman–Crippen LogP) is 2.02. The lowest BCUT2D eigenvalue weighted by atomic mass is 10.3. The van der Waals surface area contributed by atoms with Crippen molar-refractivity contribution in [1.29, 1.82) is 0 Å². The average molecular weight is 262 g/mol. The van der Waals surface area contributed by atoms with Crippen molar-refractivity contribution in [3.63, 3.8) is 0 Å². The lowest BCUT2D eigenvalue weighted by Gasteiger charge is -2.34. The van der Waals surface area contributed by atoms with E-state index in [1.54, 1.807) is 0 Å². The van der Waals surface area contributed by atoms with Crippen LogP contribution in [0.1, 0.15) is 26.7 Å². The summed E-state index contributed by atoms with van der Waals surface area (Å²) in [6, 6.07) is 0. The van der Waals surface area contributed by atoms with E-state index in [0.29, 0.717) is 8.97 Å². The summed E-state index contributed by atoms with van der Waals surface area (Å²) < 4.78 is 11.9. The van der Waals surface area contributed by atoms with Gasteiger partial charge in [0.15, 0.2) is 0 Å². The maximum atomic E-state index is 11.8. The van der Waals surface area contributed by atoms with E-state index < -0.39 is 6.16 Å². The van der Waals surface area contributed by atoms with Gasteiger partial charge in [0.05, 0.1) is 42.3 Å². The van der Waals surface area contributed by atoms with Crippen molar-refractivity contribution in [3.8, 4) is 0 Å². The summed E-state index contributed by atoms with van der Waals surface area (Å²) in [5.41, 5.74) is 0. The summed E-state index contributed by atoms with van der Waals surface area (Å²) in [5, 5.41) is 0. The van der Waals surface area contributed by atoms with Gasteiger partial charge >= 0.3 is 6.16 Å². The minimum Gasteiger partial charge on any atom is -0.381 e. The van der Waals surface area contributed by atoms with Gasteiger partial charge in [-0.1, -0.05) is 13.8 Å². The van der Waals surface area contributed by atoms with E-state index in [1.165, 1.54) is 0 Å². The molecular weight excluding hydrogens is 232 g/mol. The molecule has 0 saturated heterocycles. The topological polar surface area (TPSA) is 35.5 Å². The molecule has 0 heterocycles. The number of ether oxygens (including phenoxy) is 2. The number of hydrogen-bond donors (Lipinski definition) is 0. The molecule has 0 N–H and O–H groups in total. The van der Waals surface area contributed by atoms with Gasteiger partial charge in [0, 0.05) is 12.8 Å². The molecule has 2 atom stereocenters. The van der Waals surface area contributed by atoms with E-state index in [4.69, 9.17) is 9.47 Å². The van der Waals surface area contributed by atoms with Crippen LogP contribution in [0.15, 0.2) is 0 Å². The van der Waals surface area contributed by atoms with Gasteiger partial charge in [-0.3, -0.25) is 8.97 Å². The van der Waals surface area contributed by atoms with Crippen molar-refractivity contribution >= 4 is 6.16 Å². The number of rotatable bonds is 6. The Kier molecular flexibility index (Phi) is 6.10. The van der Waals surface area contributed by atoms with E-state index >= 15 is 0 Å². The second-order valence-electron chi connectivity index (χ2n) is 6.44. The minimum atomic E-state index is -0.574. The molecule has 5 heteroatoms. The highest BCUT2D eigenvalue weighted by molar-refractivity contribution is 5.60. The highest BCUT2D eigenvalue weighted by Crippen LogP contribution is 2.14. The molecule has 0 bridgehead atoms. The zero-order valence-electron chi connectivity index (χ0n) is 13.2. The van der Waals surface area contributed by atoms with Crippen molar-refractivity contribution in [3.05, 3.63) is 0 Å².